The molecule has 0 spiro atoms. The Labute approximate surface area is 151 Å². The van der Waals surface area contributed by atoms with Crippen LogP contribution in [0.3, 0.4) is 0 Å². The Balaban J connectivity index is 2.08. The summed E-state index contributed by atoms with van der Waals surface area (Å²) in [4.78, 5) is 12.8. The number of carbonyl (C=O) groups is 1. The maximum absolute atomic E-state index is 12.8. The molecular formula is C21H20O5. The second-order valence-electron chi connectivity index (χ2n) is 6.30. The van der Waals surface area contributed by atoms with Crippen LogP contribution in [0.5, 0.6) is 23.0 Å². The predicted molar refractivity (Wildman–Crippen MR) is 98.8 cm³/mol. The standard InChI is InChI=1S/C21H20O5/c1-12(2)4-9-15-16(23)11-17(25-3)19-20(24)18(26-21(15)19)10-13-5-7-14(22)8-6-13/h4-8,10-11,22-23H,9H2,1-3H3/b18-10-. The summed E-state index contributed by atoms with van der Waals surface area (Å²) in [6.07, 6.45) is 4.00. The molecule has 0 unspecified atom stereocenters. The summed E-state index contributed by atoms with van der Waals surface area (Å²) in [7, 11) is 1.44. The minimum absolute atomic E-state index is 0.0248. The number of allylic oxidation sites excluding steroid dienone is 3. The topological polar surface area (TPSA) is 76.0 Å². The maximum Gasteiger partial charge on any atom is 0.235 e. The molecule has 2 N–H and O–H groups in total. The number of rotatable bonds is 4. The minimum Gasteiger partial charge on any atom is -0.508 e. The molecule has 134 valence electrons. The fraction of sp³-hybridized carbons (Fsp3) is 0.190. The molecule has 1 heterocycles. The Bertz CT molecular complexity index is 916. The van der Waals surface area contributed by atoms with Gasteiger partial charge in [0.05, 0.1) is 7.11 Å². The van der Waals surface area contributed by atoms with Gasteiger partial charge in [-0.25, -0.2) is 0 Å². The van der Waals surface area contributed by atoms with Gasteiger partial charge in [-0.3, -0.25) is 4.79 Å². The monoisotopic (exact) mass is 352 g/mol. The van der Waals surface area contributed by atoms with Gasteiger partial charge in [-0.15, -0.1) is 0 Å². The molecule has 2 aromatic carbocycles. The van der Waals surface area contributed by atoms with Crippen LogP contribution in [-0.2, 0) is 6.42 Å². The van der Waals surface area contributed by atoms with E-state index in [1.807, 2.05) is 19.9 Å². The molecule has 0 saturated carbocycles. The van der Waals surface area contributed by atoms with Crippen molar-refractivity contribution in [1.29, 1.82) is 0 Å². The molecule has 0 amide bonds. The zero-order chi connectivity index (χ0) is 18.8. The van der Waals surface area contributed by atoms with Gasteiger partial charge in [0.15, 0.2) is 5.76 Å². The Kier molecular flexibility index (Phi) is 4.71. The highest BCUT2D eigenvalue weighted by atomic mass is 16.5. The minimum atomic E-state index is -0.302. The first-order valence-electron chi connectivity index (χ1n) is 8.20. The zero-order valence-corrected chi connectivity index (χ0v) is 14.9. The number of Topliss-reactive ketones (excluding diaryl/α,β-unsaturated/α-hetero) is 1. The highest BCUT2D eigenvalue weighted by molar-refractivity contribution is 6.16. The average Bonchev–Trinajstić information content (AvgIpc) is 2.92. The van der Waals surface area contributed by atoms with Crippen molar-refractivity contribution < 1.29 is 24.5 Å². The molecule has 0 radical (unpaired) electrons. The summed E-state index contributed by atoms with van der Waals surface area (Å²) in [5.41, 5.74) is 2.67. The van der Waals surface area contributed by atoms with Crippen molar-refractivity contribution in [3.63, 3.8) is 0 Å². The van der Waals surface area contributed by atoms with Crippen molar-refractivity contribution in [2.45, 2.75) is 20.3 Å². The molecule has 1 aliphatic heterocycles. The van der Waals surface area contributed by atoms with Crippen molar-refractivity contribution in [2.24, 2.45) is 0 Å². The molecule has 0 aliphatic carbocycles. The number of carbonyl (C=O) groups excluding carboxylic acids is 1. The number of fused-ring (bicyclic) bond motifs is 1. The van der Waals surface area contributed by atoms with Crippen molar-refractivity contribution in [3.05, 3.63) is 64.4 Å². The molecular weight excluding hydrogens is 332 g/mol. The summed E-state index contributed by atoms with van der Waals surface area (Å²) >= 11 is 0. The highest BCUT2D eigenvalue weighted by Gasteiger charge is 2.34. The van der Waals surface area contributed by atoms with E-state index >= 15 is 0 Å². The Morgan fingerprint density at radius 1 is 1.19 bits per heavy atom. The van der Waals surface area contributed by atoms with Gasteiger partial charge in [0, 0.05) is 11.6 Å². The number of phenols is 2. The first kappa shape index (κ1) is 17.6. The summed E-state index contributed by atoms with van der Waals surface area (Å²) in [6, 6.07) is 7.87. The molecule has 3 rings (SSSR count). The van der Waals surface area contributed by atoms with E-state index in [1.54, 1.807) is 18.2 Å². The largest absolute Gasteiger partial charge is 0.508 e. The summed E-state index contributed by atoms with van der Waals surface area (Å²) < 4.78 is 11.1. The second kappa shape index (κ2) is 6.96. The normalized spacial score (nSPS) is 14.1. The van der Waals surface area contributed by atoms with Gasteiger partial charge in [-0.05, 0) is 44.0 Å². The molecule has 0 bridgehead atoms. The summed E-state index contributed by atoms with van der Waals surface area (Å²) in [6.45, 7) is 3.92. The smallest absolute Gasteiger partial charge is 0.235 e. The lowest BCUT2D eigenvalue weighted by atomic mass is 10.0. The first-order valence-corrected chi connectivity index (χ1v) is 8.20. The third kappa shape index (κ3) is 3.28. The molecule has 26 heavy (non-hydrogen) atoms. The van der Waals surface area contributed by atoms with Crippen LogP contribution in [0, 0.1) is 0 Å². The van der Waals surface area contributed by atoms with Crippen LogP contribution >= 0.6 is 0 Å². The number of aromatic hydroxyl groups is 2. The lowest BCUT2D eigenvalue weighted by Gasteiger charge is -2.11. The highest BCUT2D eigenvalue weighted by Crippen LogP contribution is 2.45. The number of benzene rings is 2. The van der Waals surface area contributed by atoms with Crippen molar-refractivity contribution in [1.82, 2.24) is 0 Å². The molecule has 0 atom stereocenters. The van der Waals surface area contributed by atoms with Gasteiger partial charge < -0.3 is 19.7 Å². The third-order valence-electron chi connectivity index (χ3n) is 4.11. The van der Waals surface area contributed by atoms with Crippen molar-refractivity contribution in [2.75, 3.05) is 7.11 Å². The number of methoxy groups -OCH3 is 1. The SMILES string of the molecule is COc1cc(O)c(CC=C(C)C)c2c1C(=O)/C(=C/c1ccc(O)cc1)O2. The number of hydrogen-bond donors (Lipinski definition) is 2. The molecule has 5 nitrogen and oxygen atoms in total. The van der Waals surface area contributed by atoms with Crippen LogP contribution in [0.1, 0.15) is 35.3 Å². The predicted octanol–water partition coefficient (Wildman–Crippen LogP) is 4.23. The zero-order valence-electron chi connectivity index (χ0n) is 14.9. The Morgan fingerprint density at radius 3 is 2.50 bits per heavy atom. The van der Waals surface area contributed by atoms with Crippen molar-refractivity contribution in [3.8, 4) is 23.0 Å². The van der Waals surface area contributed by atoms with Gasteiger partial charge in [-0.2, -0.15) is 0 Å². The molecule has 0 aromatic heterocycles. The lowest BCUT2D eigenvalue weighted by molar-refractivity contribution is 0.101. The van der Waals surface area contributed by atoms with Crippen LogP contribution in [0.25, 0.3) is 6.08 Å². The molecule has 1 aliphatic rings. The fourth-order valence-electron chi connectivity index (χ4n) is 2.75. The van der Waals surface area contributed by atoms with E-state index in [1.165, 1.54) is 25.3 Å². The van der Waals surface area contributed by atoms with E-state index in [4.69, 9.17) is 9.47 Å². The van der Waals surface area contributed by atoms with Gasteiger partial charge in [0.2, 0.25) is 5.78 Å². The number of ether oxygens (including phenoxy) is 2. The van der Waals surface area contributed by atoms with E-state index < -0.39 is 0 Å². The first-order chi connectivity index (χ1) is 12.4. The van der Waals surface area contributed by atoms with E-state index in [9.17, 15) is 15.0 Å². The summed E-state index contributed by atoms with van der Waals surface area (Å²) in [5.74, 6) is 0.616. The number of hydrogen-bond acceptors (Lipinski definition) is 5. The van der Waals surface area contributed by atoms with Gasteiger partial charge >= 0.3 is 0 Å². The second-order valence-corrected chi connectivity index (χ2v) is 6.30. The van der Waals surface area contributed by atoms with Crippen LogP contribution in [0.2, 0.25) is 0 Å². The van der Waals surface area contributed by atoms with E-state index in [0.717, 1.165) is 5.57 Å². The quantitative estimate of drug-likeness (QED) is 0.636. The lowest BCUT2D eigenvalue weighted by Crippen LogP contribution is -2.00. The average molecular weight is 352 g/mol. The van der Waals surface area contributed by atoms with Gasteiger partial charge in [0.25, 0.3) is 0 Å². The molecule has 0 saturated heterocycles. The Hall–Kier alpha value is -3.21. The van der Waals surface area contributed by atoms with Crippen LogP contribution in [-0.4, -0.2) is 23.1 Å². The summed E-state index contributed by atoms with van der Waals surface area (Å²) in [5, 5.41) is 19.7. The molecule has 0 fully saturated rings. The maximum atomic E-state index is 12.8. The van der Waals surface area contributed by atoms with Crippen LogP contribution < -0.4 is 9.47 Å². The van der Waals surface area contributed by atoms with E-state index in [0.29, 0.717) is 28.9 Å². The third-order valence-corrected chi connectivity index (χ3v) is 4.11. The molecule has 5 heteroatoms. The van der Waals surface area contributed by atoms with Crippen LogP contribution in [0.4, 0.5) is 0 Å². The number of ketones is 1. The molecule has 2 aromatic rings. The number of phenolic OH excluding ortho intramolecular Hbond substituents is 2. The van der Waals surface area contributed by atoms with Gasteiger partial charge in [0.1, 0.15) is 28.6 Å². The van der Waals surface area contributed by atoms with Gasteiger partial charge in [-0.1, -0.05) is 23.8 Å². The Morgan fingerprint density at radius 2 is 1.88 bits per heavy atom. The van der Waals surface area contributed by atoms with Crippen LogP contribution in [0.15, 0.2) is 47.7 Å². The van der Waals surface area contributed by atoms with E-state index in [2.05, 4.69) is 0 Å². The fourth-order valence-corrected chi connectivity index (χ4v) is 2.75. The van der Waals surface area contributed by atoms with Crippen molar-refractivity contribution >= 4 is 11.9 Å². The van der Waals surface area contributed by atoms with E-state index in [-0.39, 0.29) is 28.8 Å².